The molecule has 0 spiro atoms. The third kappa shape index (κ3) is 7.65. The minimum absolute atomic E-state index is 0.0104. The first-order valence-corrected chi connectivity index (χ1v) is 19.6. The minimum atomic E-state index is -4.05. The number of pyridine rings is 1. The fourth-order valence-corrected chi connectivity index (χ4v) is 9.12. The number of sulfone groups is 2. The zero-order valence-corrected chi connectivity index (χ0v) is 31.3. The van der Waals surface area contributed by atoms with Crippen molar-refractivity contribution in [2.45, 2.75) is 52.6 Å². The monoisotopic (exact) mass is 778 g/mol. The van der Waals surface area contributed by atoms with Gasteiger partial charge in [-0.15, -0.1) is 0 Å². The van der Waals surface area contributed by atoms with Crippen molar-refractivity contribution in [1.29, 1.82) is 0 Å². The number of carbonyl (C=O) groups excluding carboxylic acids is 1. The highest BCUT2D eigenvalue weighted by atomic mass is 35.5. The molecule has 0 aliphatic heterocycles. The Morgan fingerprint density at radius 2 is 1.44 bits per heavy atom. The van der Waals surface area contributed by atoms with Gasteiger partial charge in [0.2, 0.25) is 19.7 Å². The average molecular weight is 780 g/mol. The Kier molecular flexibility index (Phi) is 10.6. The van der Waals surface area contributed by atoms with Crippen LogP contribution in [0.4, 0.5) is 0 Å². The van der Waals surface area contributed by atoms with Gasteiger partial charge in [-0.05, 0) is 91.7 Å². The maximum Gasteiger partial charge on any atom is 0.290 e. The molecule has 1 amide bonds. The molecule has 4 aromatic carbocycles. The number of methoxy groups -OCH3 is 1. The van der Waals surface area contributed by atoms with Crippen molar-refractivity contribution in [2.24, 2.45) is 0 Å². The summed E-state index contributed by atoms with van der Waals surface area (Å²) in [5, 5.41) is 0.965. The number of hydrogen-bond donors (Lipinski definition) is 0. The molecule has 0 aliphatic carbocycles. The van der Waals surface area contributed by atoms with Crippen LogP contribution in [-0.2, 0) is 32.8 Å². The summed E-state index contributed by atoms with van der Waals surface area (Å²) in [4.78, 5) is 19.3. The van der Waals surface area contributed by atoms with Crippen molar-refractivity contribution in [1.82, 2.24) is 9.88 Å². The Hall–Kier alpha value is -4.88. The lowest BCUT2D eigenvalue weighted by Crippen LogP contribution is -2.30. The Balaban J connectivity index is 1.30. The van der Waals surface area contributed by atoms with Gasteiger partial charge in [0.05, 0.1) is 34.2 Å². The molecule has 0 saturated heterocycles. The molecule has 0 bridgehead atoms. The van der Waals surface area contributed by atoms with Crippen molar-refractivity contribution in [2.75, 3.05) is 7.11 Å². The number of amides is 1. The number of aromatic nitrogens is 1. The lowest BCUT2D eigenvalue weighted by atomic mass is 10.1. The normalized spacial score (nSPS) is 11.9. The van der Waals surface area contributed by atoms with Gasteiger partial charge in [0.15, 0.2) is 11.3 Å². The van der Waals surface area contributed by atoms with Crippen molar-refractivity contribution in [3.63, 3.8) is 0 Å². The zero-order valence-electron chi connectivity index (χ0n) is 28.1. The number of nitrogens with zero attached hydrogens (tertiary/aromatic N) is 2. The summed E-state index contributed by atoms with van der Waals surface area (Å²) < 4.78 is 71.4. The zero-order chi connectivity index (χ0) is 37.2. The van der Waals surface area contributed by atoms with Crippen LogP contribution in [0.15, 0.2) is 133 Å². The third-order valence-corrected chi connectivity index (χ3v) is 12.3. The number of furan rings is 1. The fraction of sp³-hybridized carbons (Fsp3) is 0.158. The van der Waals surface area contributed by atoms with Crippen molar-refractivity contribution in [3.8, 4) is 11.5 Å². The van der Waals surface area contributed by atoms with Gasteiger partial charge in [0.1, 0.15) is 21.3 Å². The largest absolute Gasteiger partial charge is 0.495 e. The average Bonchev–Trinajstić information content (AvgIpc) is 3.56. The van der Waals surface area contributed by atoms with E-state index in [1.807, 2.05) is 0 Å². The molecule has 14 heteroatoms. The van der Waals surface area contributed by atoms with Gasteiger partial charge in [-0.3, -0.25) is 9.78 Å². The molecule has 0 radical (unpaired) electrons. The van der Waals surface area contributed by atoms with Crippen LogP contribution < -0.4 is 9.47 Å². The van der Waals surface area contributed by atoms with Gasteiger partial charge in [-0.25, -0.2) is 16.8 Å². The number of benzene rings is 4. The van der Waals surface area contributed by atoms with Crippen LogP contribution in [0.5, 0.6) is 11.5 Å². The molecule has 2 aromatic heterocycles. The summed E-state index contributed by atoms with van der Waals surface area (Å²) in [5.74, 6) is -0.0677. The van der Waals surface area contributed by atoms with Crippen LogP contribution in [0.3, 0.4) is 0 Å². The second-order valence-electron chi connectivity index (χ2n) is 12.0. The topological polar surface area (TPSA) is 133 Å². The molecule has 0 aliphatic rings. The van der Waals surface area contributed by atoms with Gasteiger partial charge in [0, 0.05) is 29.7 Å². The standard InChI is InChI=1S/C38H32Cl2N2O8S2/c1-24(2)49-32-16-11-28(39)20-36(32)51(44,45)29-12-7-25(8-13-29)22-42(38(43)34-19-27-17-18-41-21-35(27)50-34)23-26-9-14-30(15-10-26)52(46,47)37-31(40)5-4-6-33(37)48-3/h4-21,24H,22-23H2,1-3H3. The van der Waals surface area contributed by atoms with Crippen LogP contribution in [0.2, 0.25) is 10.0 Å². The highest BCUT2D eigenvalue weighted by Crippen LogP contribution is 2.36. The van der Waals surface area contributed by atoms with E-state index in [2.05, 4.69) is 4.98 Å². The number of halogens is 2. The highest BCUT2D eigenvalue weighted by Gasteiger charge is 2.27. The molecule has 10 nitrogen and oxygen atoms in total. The second kappa shape index (κ2) is 15.0. The molecule has 52 heavy (non-hydrogen) atoms. The van der Waals surface area contributed by atoms with E-state index in [1.54, 1.807) is 68.6 Å². The Bertz CT molecular complexity index is 2450. The van der Waals surface area contributed by atoms with Crippen LogP contribution in [0.25, 0.3) is 11.0 Å². The summed E-state index contributed by atoms with van der Waals surface area (Å²) in [5.41, 5.74) is 1.68. The van der Waals surface area contributed by atoms with Crippen LogP contribution in [0.1, 0.15) is 35.5 Å². The molecule has 6 aromatic rings. The van der Waals surface area contributed by atoms with E-state index in [4.69, 9.17) is 37.1 Å². The van der Waals surface area contributed by atoms with Gasteiger partial charge >= 0.3 is 0 Å². The summed E-state index contributed by atoms with van der Waals surface area (Å²) in [7, 11) is -6.71. The molecule has 0 fully saturated rings. The Labute approximate surface area is 311 Å². The fourth-order valence-electron chi connectivity index (χ4n) is 5.53. The van der Waals surface area contributed by atoms with E-state index in [1.165, 1.54) is 66.7 Å². The van der Waals surface area contributed by atoms with Crippen LogP contribution in [-0.4, -0.2) is 45.8 Å². The molecule has 0 saturated carbocycles. The molecular formula is C38H32Cl2N2O8S2. The predicted octanol–water partition coefficient (Wildman–Crippen LogP) is 8.44. The molecule has 0 atom stereocenters. The SMILES string of the molecule is COc1cccc(Cl)c1S(=O)(=O)c1ccc(CN(Cc2ccc(S(=O)(=O)c3cc(Cl)ccc3OC(C)C)cc2)C(=O)c2cc3ccncc3o2)cc1. The van der Waals surface area contributed by atoms with Crippen LogP contribution in [0, 0.1) is 0 Å². The molecule has 6 rings (SSSR count). The van der Waals surface area contributed by atoms with Gasteiger partial charge in [0.25, 0.3) is 5.91 Å². The number of rotatable bonds is 12. The van der Waals surface area contributed by atoms with Gasteiger partial charge in [-0.2, -0.15) is 0 Å². The second-order valence-corrected chi connectivity index (χ2v) is 16.7. The Morgan fingerprint density at radius 3 is 2.04 bits per heavy atom. The Morgan fingerprint density at radius 1 is 0.808 bits per heavy atom. The number of hydrogen-bond acceptors (Lipinski definition) is 9. The molecular weight excluding hydrogens is 747 g/mol. The highest BCUT2D eigenvalue weighted by molar-refractivity contribution is 7.92. The van der Waals surface area contributed by atoms with Crippen LogP contribution >= 0.6 is 23.2 Å². The maximum atomic E-state index is 14.0. The lowest BCUT2D eigenvalue weighted by Gasteiger charge is -2.22. The predicted molar refractivity (Wildman–Crippen MR) is 197 cm³/mol. The first-order valence-electron chi connectivity index (χ1n) is 15.9. The van der Waals surface area contributed by atoms with E-state index < -0.39 is 25.6 Å². The van der Waals surface area contributed by atoms with E-state index in [0.717, 1.165) is 0 Å². The number of carbonyl (C=O) groups is 1. The smallest absolute Gasteiger partial charge is 0.290 e. The summed E-state index contributed by atoms with van der Waals surface area (Å²) in [6.45, 7) is 3.71. The third-order valence-electron chi connectivity index (χ3n) is 8.01. The van der Waals surface area contributed by atoms with Crippen molar-refractivity contribution >= 4 is 59.8 Å². The summed E-state index contributed by atoms with van der Waals surface area (Å²) >= 11 is 12.4. The molecule has 2 heterocycles. The van der Waals surface area contributed by atoms with E-state index >= 15 is 0 Å². The van der Waals surface area contributed by atoms with E-state index in [9.17, 15) is 21.6 Å². The number of fused-ring (bicyclic) bond motifs is 1. The van der Waals surface area contributed by atoms with Crippen molar-refractivity contribution in [3.05, 3.63) is 136 Å². The van der Waals surface area contributed by atoms with E-state index in [0.29, 0.717) is 22.1 Å². The lowest BCUT2D eigenvalue weighted by molar-refractivity contribution is 0.0700. The molecule has 0 unspecified atom stereocenters. The number of ether oxygens (including phenoxy) is 2. The quantitative estimate of drug-likeness (QED) is 0.120. The summed E-state index contributed by atoms with van der Waals surface area (Å²) in [6.07, 6.45) is 2.84. The maximum absolute atomic E-state index is 14.0. The first kappa shape index (κ1) is 36.9. The van der Waals surface area contributed by atoms with Gasteiger partial charge in [-0.1, -0.05) is 53.5 Å². The molecule has 0 N–H and O–H groups in total. The molecule has 268 valence electrons. The first-order chi connectivity index (χ1) is 24.8. The summed E-state index contributed by atoms with van der Waals surface area (Å²) in [6, 6.07) is 24.6. The minimum Gasteiger partial charge on any atom is -0.495 e. The van der Waals surface area contributed by atoms with Gasteiger partial charge < -0.3 is 18.8 Å². The van der Waals surface area contributed by atoms with Crippen molar-refractivity contribution < 1.29 is 35.5 Å². The van der Waals surface area contributed by atoms with E-state index in [-0.39, 0.29) is 66.1 Å².